The van der Waals surface area contributed by atoms with Crippen LogP contribution in [0.5, 0.6) is 0 Å². The summed E-state index contributed by atoms with van der Waals surface area (Å²) in [6.45, 7) is 5.65. The number of unbranched alkanes of at least 4 members (excludes halogenated alkanes) is 1. The highest BCUT2D eigenvalue weighted by atomic mass is 35.5. The molecule has 0 unspecified atom stereocenters. The molecule has 1 aliphatic rings. The van der Waals surface area contributed by atoms with Crippen LogP contribution in [0, 0.1) is 0 Å². The summed E-state index contributed by atoms with van der Waals surface area (Å²) >= 11 is 6.09. The fraction of sp³-hybridized carbons (Fsp3) is 0.588. The lowest BCUT2D eigenvalue weighted by molar-refractivity contribution is -0.143. The quantitative estimate of drug-likeness (QED) is 0.495. The van der Waals surface area contributed by atoms with Crippen molar-refractivity contribution in [2.24, 2.45) is 0 Å². The van der Waals surface area contributed by atoms with Gasteiger partial charge < -0.3 is 14.4 Å². The Balaban J connectivity index is 1.60. The molecule has 0 aromatic carbocycles. The molecular weight excluding hydrogens is 372 g/mol. The van der Waals surface area contributed by atoms with Gasteiger partial charge in [-0.25, -0.2) is 0 Å². The van der Waals surface area contributed by atoms with Crippen LogP contribution in [0.2, 0.25) is 5.28 Å². The topological polar surface area (TPSA) is 95.3 Å². The Hall–Kier alpha value is -2.26. The van der Waals surface area contributed by atoms with Gasteiger partial charge >= 0.3 is 5.97 Å². The summed E-state index contributed by atoms with van der Waals surface area (Å²) in [5.74, 6) is 0.888. The average Bonchev–Trinajstić information content (AvgIpc) is 3.15. The molecular formula is C17H23ClN6O3. The minimum absolute atomic E-state index is 0.156. The highest BCUT2D eigenvalue weighted by Crippen LogP contribution is 2.20. The maximum atomic E-state index is 11.3. The SMILES string of the molecule is CCOC(=O)CCCCn1cc(-c2nc(Cl)nc(N3CCOCC3)n2)cn1. The van der Waals surface area contributed by atoms with Crippen LogP contribution in [0.4, 0.5) is 5.95 Å². The van der Waals surface area contributed by atoms with E-state index in [1.807, 2.05) is 15.8 Å². The number of aryl methyl sites for hydroxylation is 1. The Morgan fingerprint density at radius 2 is 2.07 bits per heavy atom. The van der Waals surface area contributed by atoms with Crippen molar-refractivity contribution >= 4 is 23.5 Å². The van der Waals surface area contributed by atoms with E-state index in [1.165, 1.54) is 0 Å². The summed E-state index contributed by atoms with van der Waals surface area (Å²) in [6.07, 6.45) is 5.59. The number of nitrogens with zero attached hydrogens (tertiary/aromatic N) is 6. The van der Waals surface area contributed by atoms with E-state index in [0.29, 0.717) is 44.6 Å². The number of halogens is 1. The molecule has 10 heteroatoms. The second-order valence-corrected chi connectivity index (χ2v) is 6.42. The summed E-state index contributed by atoms with van der Waals surface area (Å²) in [5, 5.41) is 4.50. The van der Waals surface area contributed by atoms with Crippen molar-refractivity contribution < 1.29 is 14.3 Å². The molecule has 0 N–H and O–H groups in total. The largest absolute Gasteiger partial charge is 0.466 e. The van der Waals surface area contributed by atoms with E-state index in [9.17, 15) is 4.79 Å². The van der Waals surface area contributed by atoms with Gasteiger partial charge in [-0.1, -0.05) is 0 Å². The zero-order valence-corrected chi connectivity index (χ0v) is 16.1. The van der Waals surface area contributed by atoms with Crippen molar-refractivity contribution in [1.29, 1.82) is 0 Å². The molecule has 1 aliphatic heterocycles. The van der Waals surface area contributed by atoms with Gasteiger partial charge in [0.2, 0.25) is 11.2 Å². The Morgan fingerprint density at radius 3 is 2.85 bits per heavy atom. The fourth-order valence-electron chi connectivity index (χ4n) is 2.75. The van der Waals surface area contributed by atoms with Crippen LogP contribution in [0.15, 0.2) is 12.4 Å². The van der Waals surface area contributed by atoms with Crippen LogP contribution in [-0.2, 0) is 20.8 Å². The molecule has 0 atom stereocenters. The third kappa shape index (κ3) is 5.61. The minimum atomic E-state index is -0.158. The lowest BCUT2D eigenvalue weighted by Crippen LogP contribution is -2.37. The molecule has 1 fully saturated rings. The number of aromatic nitrogens is 5. The summed E-state index contributed by atoms with van der Waals surface area (Å²) in [6, 6.07) is 0. The molecule has 0 saturated carbocycles. The molecule has 9 nitrogen and oxygen atoms in total. The summed E-state index contributed by atoms with van der Waals surface area (Å²) in [7, 11) is 0. The minimum Gasteiger partial charge on any atom is -0.466 e. The van der Waals surface area contributed by atoms with E-state index in [4.69, 9.17) is 21.1 Å². The van der Waals surface area contributed by atoms with E-state index in [0.717, 1.165) is 31.5 Å². The molecule has 0 bridgehead atoms. The van der Waals surface area contributed by atoms with Gasteiger partial charge in [-0.05, 0) is 31.4 Å². The van der Waals surface area contributed by atoms with Crippen molar-refractivity contribution in [2.45, 2.75) is 32.7 Å². The van der Waals surface area contributed by atoms with Gasteiger partial charge in [-0.2, -0.15) is 20.1 Å². The number of hydrogen-bond donors (Lipinski definition) is 0. The first-order valence-electron chi connectivity index (χ1n) is 9.08. The van der Waals surface area contributed by atoms with Crippen molar-refractivity contribution in [1.82, 2.24) is 24.7 Å². The third-order valence-electron chi connectivity index (χ3n) is 4.11. The standard InChI is InChI=1S/C17H23ClN6O3/c1-2-27-14(25)5-3-4-6-24-12-13(11-19-24)15-20-16(18)22-17(21-15)23-7-9-26-10-8-23/h11-12H,2-10H2,1H3. The zero-order chi connectivity index (χ0) is 19.1. The third-order valence-corrected chi connectivity index (χ3v) is 4.27. The number of carbonyl (C=O) groups excluding carboxylic acids is 1. The van der Waals surface area contributed by atoms with Gasteiger partial charge in [0.25, 0.3) is 0 Å². The van der Waals surface area contributed by atoms with Gasteiger partial charge in [0, 0.05) is 32.3 Å². The lowest BCUT2D eigenvalue weighted by Gasteiger charge is -2.26. The smallest absolute Gasteiger partial charge is 0.305 e. The van der Waals surface area contributed by atoms with Crippen LogP contribution >= 0.6 is 11.6 Å². The molecule has 1 saturated heterocycles. The number of anilines is 1. The second-order valence-electron chi connectivity index (χ2n) is 6.08. The van der Waals surface area contributed by atoms with Gasteiger partial charge in [-0.3, -0.25) is 9.48 Å². The molecule has 3 rings (SSSR count). The van der Waals surface area contributed by atoms with Crippen LogP contribution in [-0.4, -0.2) is 63.6 Å². The number of ether oxygens (including phenoxy) is 2. The van der Waals surface area contributed by atoms with E-state index in [1.54, 1.807) is 13.1 Å². The van der Waals surface area contributed by atoms with E-state index >= 15 is 0 Å². The van der Waals surface area contributed by atoms with Crippen molar-refractivity contribution in [3.05, 3.63) is 17.7 Å². The Bertz CT molecular complexity index is 763. The Labute approximate surface area is 162 Å². The predicted octanol–water partition coefficient (Wildman–Crippen LogP) is 1.96. The maximum Gasteiger partial charge on any atom is 0.305 e. The Kier molecular flexibility index (Phi) is 6.94. The maximum absolute atomic E-state index is 11.3. The van der Waals surface area contributed by atoms with Crippen LogP contribution in [0.3, 0.4) is 0 Å². The second kappa shape index (κ2) is 9.61. The monoisotopic (exact) mass is 394 g/mol. The first-order chi connectivity index (χ1) is 13.2. The molecule has 2 aromatic rings. The summed E-state index contributed by atoms with van der Waals surface area (Å²) in [5.41, 5.74) is 0.777. The van der Waals surface area contributed by atoms with Crippen molar-refractivity contribution in [2.75, 3.05) is 37.8 Å². The summed E-state index contributed by atoms with van der Waals surface area (Å²) < 4.78 is 12.1. The van der Waals surface area contributed by atoms with Crippen LogP contribution in [0.1, 0.15) is 26.2 Å². The first kappa shape index (κ1) is 19.5. The highest BCUT2D eigenvalue weighted by molar-refractivity contribution is 6.28. The lowest BCUT2D eigenvalue weighted by atomic mass is 10.2. The molecule has 27 heavy (non-hydrogen) atoms. The molecule has 0 spiro atoms. The zero-order valence-electron chi connectivity index (χ0n) is 15.3. The number of esters is 1. The number of carbonyl (C=O) groups is 1. The van der Waals surface area contributed by atoms with Gasteiger partial charge in [0.05, 0.1) is 31.6 Å². The molecule has 2 aromatic heterocycles. The highest BCUT2D eigenvalue weighted by Gasteiger charge is 2.17. The molecule has 3 heterocycles. The van der Waals surface area contributed by atoms with Gasteiger partial charge in [-0.15, -0.1) is 0 Å². The van der Waals surface area contributed by atoms with E-state index in [2.05, 4.69) is 20.1 Å². The van der Waals surface area contributed by atoms with Crippen LogP contribution < -0.4 is 4.90 Å². The van der Waals surface area contributed by atoms with Gasteiger partial charge in [0.15, 0.2) is 5.82 Å². The Morgan fingerprint density at radius 1 is 1.26 bits per heavy atom. The van der Waals surface area contributed by atoms with Crippen molar-refractivity contribution in [3.8, 4) is 11.4 Å². The predicted molar refractivity (Wildman–Crippen MR) is 99.6 cm³/mol. The molecule has 0 aliphatic carbocycles. The number of rotatable bonds is 8. The molecule has 0 amide bonds. The number of hydrogen-bond acceptors (Lipinski definition) is 8. The number of morpholine rings is 1. The average molecular weight is 395 g/mol. The summed E-state index contributed by atoms with van der Waals surface area (Å²) in [4.78, 5) is 26.4. The first-order valence-corrected chi connectivity index (χ1v) is 9.46. The normalized spacial score (nSPS) is 14.4. The van der Waals surface area contributed by atoms with E-state index < -0.39 is 0 Å². The van der Waals surface area contributed by atoms with Crippen LogP contribution in [0.25, 0.3) is 11.4 Å². The molecule has 146 valence electrons. The molecule has 0 radical (unpaired) electrons. The van der Waals surface area contributed by atoms with Crippen molar-refractivity contribution in [3.63, 3.8) is 0 Å². The fourth-order valence-corrected chi connectivity index (χ4v) is 2.91. The van der Waals surface area contributed by atoms with Gasteiger partial charge in [0.1, 0.15) is 0 Å². The van der Waals surface area contributed by atoms with E-state index in [-0.39, 0.29) is 11.3 Å².